The number of fused-ring (bicyclic) bond motifs is 8. The lowest BCUT2D eigenvalue weighted by atomic mass is 10.0. The second kappa shape index (κ2) is 4.37. The van der Waals surface area contributed by atoms with Crippen molar-refractivity contribution in [3.63, 3.8) is 0 Å². The van der Waals surface area contributed by atoms with E-state index in [1.54, 1.807) is 0 Å². The van der Waals surface area contributed by atoms with Crippen molar-refractivity contribution >= 4 is 64.1 Å². The summed E-state index contributed by atoms with van der Waals surface area (Å²) in [5.74, 6) is 0. The van der Waals surface area contributed by atoms with Crippen molar-refractivity contribution in [1.82, 2.24) is 4.98 Å². The van der Waals surface area contributed by atoms with Gasteiger partial charge in [0.1, 0.15) is 0 Å². The van der Waals surface area contributed by atoms with E-state index in [1.165, 1.54) is 52.8 Å². The minimum absolute atomic E-state index is 1.21. The first-order valence-corrected chi connectivity index (χ1v) is 8.94. The van der Waals surface area contributed by atoms with E-state index in [1.807, 2.05) is 11.3 Å². The lowest BCUT2D eigenvalue weighted by Crippen LogP contribution is -1.73. The molecule has 2 aromatic heterocycles. The van der Waals surface area contributed by atoms with Crippen LogP contribution in [0.3, 0.4) is 0 Å². The highest BCUT2D eigenvalue weighted by Gasteiger charge is 2.13. The van der Waals surface area contributed by atoms with Gasteiger partial charge in [-0.2, -0.15) is 0 Å². The lowest BCUT2D eigenvalue weighted by Gasteiger charge is -1.99. The highest BCUT2D eigenvalue weighted by atomic mass is 32.1. The van der Waals surface area contributed by atoms with Gasteiger partial charge in [-0.05, 0) is 41.1 Å². The predicted molar refractivity (Wildman–Crippen MR) is 106 cm³/mol. The van der Waals surface area contributed by atoms with E-state index in [9.17, 15) is 0 Å². The van der Waals surface area contributed by atoms with Crippen molar-refractivity contribution in [3.05, 3.63) is 72.8 Å². The smallest absolute Gasteiger partial charge is 0.0472 e. The summed E-state index contributed by atoms with van der Waals surface area (Å²) in [6.45, 7) is 0. The fraction of sp³-hybridized carbons (Fsp3) is 0. The van der Waals surface area contributed by atoms with Gasteiger partial charge in [0.2, 0.25) is 0 Å². The van der Waals surface area contributed by atoms with Crippen molar-refractivity contribution < 1.29 is 0 Å². The second-order valence-electron chi connectivity index (χ2n) is 6.33. The highest BCUT2D eigenvalue weighted by molar-refractivity contribution is 7.26. The number of hydrogen-bond acceptors (Lipinski definition) is 1. The topological polar surface area (TPSA) is 15.8 Å². The van der Waals surface area contributed by atoms with E-state index in [4.69, 9.17) is 0 Å². The van der Waals surface area contributed by atoms with Crippen LogP contribution in [0.15, 0.2) is 72.8 Å². The number of rotatable bonds is 0. The fourth-order valence-electron chi connectivity index (χ4n) is 3.90. The molecular formula is C22H13NS. The molecule has 0 fully saturated rings. The van der Waals surface area contributed by atoms with E-state index >= 15 is 0 Å². The van der Waals surface area contributed by atoms with Gasteiger partial charge < -0.3 is 4.98 Å². The minimum atomic E-state index is 1.21. The molecule has 0 spiro atoms. The predicted octanol–water partition coefficient (Wildman–Crippen LogP) is 6.84. The first-order chi connectivity index (χ1) is 11.9. The maximum Gasteiger partial charge on any atom is 0.0472 e. The number of aromatic nitrogens is 1. The van der Waals surface area contributed by atoms with Crippen LogP contribution in [-0.2, 0) is 0 Å². The number of thiophene rings is 1. The largest absolute Gasteiger partial charge is 0.354 e. The Morgan fingerprint density at radius 2 is 1.38 bits per heavy atom. The molecule has 24 heavy (non-hydrogen) atoms. The maximum atomic E-state index is 3.62. The number of aromatic amines is 1. The van der Waals surface area contributed by atoms with Gasteiger partial charge in [-0.1, -0.05) is 42.5 Å². The molecular weight excluding hydrogens is 310 g/mol. The van der Waals surface area contributed by atoms with Crippen LogP contribution < -0.4 is 0 Å². The van der Waals surface area contributed by atoms with Crippen LogP contribution in [0, 0.1) is 0 Å². The van der Waals surface area contributed by atoms with Crippen LogP contribution in [0.25, 0.3) is 52.8 Å². The molecule has 0 aliphatic heterocycles. The summed E-state index contributed by atoms with van der Waals surface area (Å²) in [6.07, 6.45) is 0. The van der Waals surface area contributed by atoms with Gasteiger partial charge >= 0.3 is 0 Å². The summed E-state index contributed by atoms with van der Waals surface area (Å²) >= 11 is 1.88. The van der Waals surface area contributed by atoms with E-state index in [0.29, 0.717) is 0 Å². The summed E-state index contributed by atoms with van der Waals surface area (Å²) in [4.78, 5) is 3.62. The Hall–Kier alpha value is -2.84. The molecule has 6 aromatic rings. The summed E-state index contributed by atoms with van der Waals surface area (Å²) in [5, 5.41) is 7.99. The quantitative estimate of drug-likeness (QED) is 0.315. The highest BCUT2D eigenvalue weighted by Crippen LogP contribution is 2.41. The second-order valence-corrected chi connectivity index (χ2v) is 7.41. The molecule has 2 heteroatoms. The number of H-pyrrole nitrogens is 1. The zero-order valence-corrected chi connectivity index (χ0v) is 13.7. The first-order valence-electron chi connectivity index (χ1n) is 8.13. The summed E-state index contributed by atoms with van der Waals surface area (Å²) in [5.41, 5.74) is 2.43. The Balaban J connectivity index is 1.93. The van der Waals surface area contributed by atoms with Gasteiger partial charge in [0.25, 0.3) is 0 Å². The van der Waals surface area contributed by atoms with Gasteiger partial charge in [0, 0.05) is 42.0 Å². The zero-order valence-electron chi connectivity index (χ0n) is 12.8. The molecule has 0 bridgehead atoms. The van der Waals surface area contributed by atoms with Crippen LogP contribution >= 0.6 is 11.3 Å². The molecule has 1 N–H and O–H groups in total. The molecule has 0 unspecified atom stereocenters. The van der Waals surface area contributed by atoms with E-state index in [-0.39, 0.29) is 0 Å². The monoisotopic (exact) mass is 323 g/mol. The van der Waals surface area contributed by atoms with E-state index in [0.717, 1.165) is 0 Å². The van der Waals surface area contributed by atoms with Gasteiger partial charge in [-0.15, -0.1) is 11.3 Å². The number of hydrogen-bond donors (Lipinski definition) is 1. The van der Waals surface area contributed by atoms with E-state index in [2.05, 4.69) is 77.8 Å². The van der Waals surface area contributed by atoms with Gasteiger partial charge in [0.15, 0.2) is 0 Å². The van der Waals surface area contributed by atoms with Crippen LogP contribution in [0.4, 0.5) is 0 Å². The average Bonchev–Trinajstić information content (AvgIpc) is 3.16. The van der Waals surface area contributed by atoms with Gasteiger partial charge in [-0.25, -0.2) is 0 Å². The van der Waals surface area contributed by atoms with Crippen LogP contribution in [-0.4, -0.2) is 4.98 Å². The van der Waals surface area contributed by atoms with Gasteiger partial charge in [-0.3, -0.25) is 0 Å². The molecule has 0 radical (unpaired) electrons. The maximum absolute atomic E-state index is 3.62. The third kappa shape index (κ3) is 1.53. The Labute approximate surface area is 142 Å². The third-order valence-corrected chi connectivity index (χ3v) is 6.10. The SMILES string of the molecule is c1ccc2cc3c(cc2c1)[nH]c1ccc2sc4ccccc4c2c13. The molecule has 1 nitrogen and oxygen atoms in total. The standard InChI is InChI=1S/C22H13NS/c1-2-6-14-12-18-16(11-13(14)5-1)21-17(23-18)9-10-20-22(21)15-7-3-4-8-19(15)24-20/h1-12,23H. The third-order valence-electron chi connectivity index (χ3n) is 4.97. The Bertz CT molecular complexity index is 1400. The molecule has 0 aliphatic rings. The van der Waals surface area contributed by atoms with Crippen LogP contribution in [0.1, 0.15) is 0 Å². The van der Waals surface area contributed by atoms with Crippen molar-refractivity contribution in [1.29, 1.82) is 0 Å². The molecule has 2 heterocycles. The zero-order chi connectivity index (χ0) is 15.7. The molecule has 6 rings (SSSR count). The summed E-state index contributed by atoms with van der Waals surface area (Å²) in [6, 6.07) is 26.4. The average molecular weight is 323 g/mol. The Morgan fingerprint density at radius 3 is 2.29 bits per heavy atom. The molecule has 0 atom stereocenters. The molecule has 4 aromatic carbocycles. The van der Waals surface area contributed by atoms with E-state index < -0.39 is 0 Å². The minimum Gasteiger partial charge on any atom is -0.354 e. The summed E-state index contributed by atoms with van der Waals surface area (Å²) < 4.78 is 2.72. The van der Waals surface area contributed by atoms with Crippen molar-refractivity contribution in [2.24, 2.45) is 0 Å². The van der Waals surface area contributed by atoms with Crippen LogP contribution in [0.5, 0.6) is 0 Å². The van der Waals surface area contributed by atoms with Crippen molar-refractivity contribution in [3.8, 4) is 0 Å². The lowest BCUT2D eigenvalue weighted by molar-refractivity contribution is 1.56. The van der Waals surface area contributed by atoms with Crippen molar-refractivity contribution in [2.75, 3.05) is 0 Å². The number of nitrogens with one attached hydrogen (secondary N) is 1. The normalized spacial score (nSPS) is 12.2. The molecule has 0 saturated heterocycles. The molecule has 0 saturated carbocycles. The van der Waals surface area contributed by atoms with Crippen LogP contribution in [0.2, 0.25) is 0 Å². The Kier molecular flexibility index (Phi) is 2.29. The fourth-order valence-corrected chi connectivity index (χ4v) is 5.01. The summed E-state index contributed by atoms with van der Waals surface area (Å²) in [7, 11) is 0. The Morgan fingerprint density at radius 1 is 0.583 bits per heavy atom. The molecule has 0 amide bonds. The van der Waals surface area contributed by atoms with Crippen molar-refractivity contribution in [2.45, 2.75) is 0 Å². The molecule has 112 valence electrons. The molecule has 0 aliphatic carbocycles. The van der Waals surface area contributed by atoms with Gasteiger partial charge in [0.05, 0.1) is 0 Å². The number of benzene rings is 4. The first kappa shape index (κ1) is 12.6.